The Morgan fingerprint density at radius 2 is 2.11 bits per heavy atom. The summed E-state index contributed by atoms with van der Waals surface area (Å²) in [6, 6.07) is 6.20. The highest BCUT2D eigenvalue weighted by molar-refractivity contribution is 5.98. The summed E-state index contributed by atoms with van der Waals surface area (Å²) in [5.74, 6) is -0.526. The van der Waals surface area contributed by atoms with Gasteiger partial charge in [0.2, 0.25) is 0 Å². The van der Waals surface area contributed by atoms with E-state index >= 15 is 0 Å². The Morgan fingerprint density at radius 1 is 1.42 bits per heavy atom. The molecule has 2 aromatic rings. The maximum atomic E-state index is 13.2. The van der Waals surface area contributed by atoms with Crippen LogP contribution in [0.5, 0.6) is 0 Å². The monoisotopic (exact) mass is 263 g/mol. The summed E-state index contributed by atoms with van der Waals surface area (Å²) in [6.07, 6.45) is 0. The SMILES string of the molecule is Cn1c(C(=O)NCC(C)(C)N)cc2ccc(F)cc21. The molecule has 0 aliphatic rings. The fourth-order valence-electron chi connectivity index (χ4n) is 1.92. The summed E-state index contributed by atoms with van der Waals surface area (Å²) in [6.45, 7) is 4.05. The summed E-state index contributed by atoms with van der Waals surface area (Å²) >= 11 is 0. The first-order valence-corrected chi connectivity index (χ1v) is 6.10. The molecule has 1 aromatic heterocycles. The Labute approximate surface area is 111 Å². The van der Waals surface area contributed by atoms with Crippen LogP contribution in [0.15, 0.2) is 24.3 Å². The van der Waals surface area contributed by atoms with Gasteiger partial charge in [-0.1, -0.05) is 0 Å². The number of benzene rings is 1. The van der Waals surface area contributed by atoms with Crippen LogP contribution < -0.4 is 11.1 Å². The van der Waals surface area contributed by atoms with Gasteiger partial charge in [0.05, 0.1) is 5.52 Å². The summed E-state index contributed by atoms with van der Waals surface area (Å²) in [4.78, 5) is 12.1. The zero-order valence-electron chi connectivity index (χ0n) is 11.3. The molecule has 0 saturated heterocycles. The standard InChI is InChI=1S/C14H18FN3O/c1-14(2,16)8-17-13(19)12-6-9-4-5-10(15)7-11(9)18(12)3/h4-7H,8,16H2,1-3H3,(H,17,19). The minimum Gasteiger partial charge on any atom is -0.349 e. The van der Waals surface area contributed by atoms with Crippen molar-refractivity contribution in [3.05, 3.63) is 35.8 Å². The second-order valence-electron chi connectivity index (χ2n) is 5.46. The third-order valence-corrected chi connectivity index (χ3v) is 2.94. The van der Waals surface area contributed by atoms with E-state index in [0.29, 0.717) is 17.8 Å². The number of halogens is 1. The van der Waals surface area contributed by atoms with Crippen LogP contribution in [0.3, 0.4) is 0 Å². The number of nitrogens with one attached hydrogen (secondary N) is 1. The molecule has 0 radical (unpaired) electrons. The van der Waals surface area contributed by atoms with Gasteiger partial charge in [0.25, 0.3) is 5.91 Å². The number of nitrogens with two attached hydrogens (primary N) is 1. The van der Waals surface area contributed by atoms with Crippen molar-refractivity contribution in [2.75, 3.05) is 6.54 Å². The normalized spacial score (nSPS) is 11.8. The molecule has 0 unspecified atom stereocenters. The number of carbonyl (C=O) groups excluding carboxylic acids is 1. The van der Waals surface area contributed by atoms with E-state index in [4.69, 9.17) is 5.73 Å². The number of carbonyl (C=O) groups is 1. The number of nitrogens with zero attached hydrogens (tertiary/aromatic N) is 1. The molecule has 1 amide bonds. The predicted octanol–water partition coefficient (Wildman–Crippen LogP) is 1.78. The van der Waals surface area contributed by atoms with E-state index in [9.17, 15) is 9.18 Å². The average Bonchev–Trinajstić information content (AvgIpc) is 2.63. The van der Waals surface area contributed by atoms with Crippen LogP contribution in [0.4, 0.5) is 4.39 Å². The Balaban J connectivity index is 2.30. The number of hydrogen-bond donors (Lipinski definition) is 2. The van der Waals surface area contributed by atoms with Crippen LogP contribution in [0.2, 0.25) is 0 Å². The first-order chi connectivity index (χ1) is 8.78. The molecule has 19 heavy (non-hydrogen) atoms. The topological polar surface area (TPSA) is 60.0 Å². The van der Waals surface area contributed by atoms with Crippen molar-refractivity contribution in [1.82, 2.24) is 9.88 Å². The third-order valence-electron chi connectivity index (χ3n) is 2.94. The first-order valence-electron chi connectivity index (χ1n) is 6.10. The van der Waals surface area contributed by atoms with Crippen LogP contribution in [0.25, 0.3) is 10.9 Å². The Hall–Kier alpha value is -1.88. The molecule has 3 N–H and O–H groups in total. The lowest BCUT2D eigenvalue weighted by atomic mass is 10.1. The third kappa shape index (κ3) is 2.93. The molecule has 0 atom stereocenters. The zero-order valence-corrected chi connectivity index (χ0v) is 11.3. The molecular weight excluding hydrogens is 245 g/mol. The fourth-order valence-corrected chi connectivity index (χ4v) is 1.92. The largest absolute Gasteiger partial charge is 0.349 e. The van der Waals surface area contributed by atoms with E-state index in [2.05, 4.69) is 5.32 Å². The Morgan fingerprint density at radius 3 is 2.74 bits per heavy atom. The van der Waals surface area contributed by atoms with Gasteiger partial charge in [0.1, 0.15) is 11.5 Å². The van der Waals surface area contributed by atoms with Crippen LogP contribution in [0, 0.1) is 5.82 Å². The van der Waals surface area contributed by atoms with Crippen molar-refractivity contribution < 1.29 is 9.18 Å². The number of hydrogen-bond acceptors (Lipinski definition) is 2. The van der Waals surface area contributed by atoms with E-state index in [1.807, 2.05) is 13.8 Å². The van der Waals surface area contributed by atoms with Gasteiger partial charge in [-0.2, -0.15) is 0 Å². The summed E-state index contributed by atoms with van der Waals surface area (Å²) in [5, 5.41) is 3.61. The van der Waals surface area contributed by atoms with E-state index in [1.54, 1.807) is 23.7 Å². The van der Waals surface area contributed by atoms with Gasteiger partial charge in [-0.25, -0.2) is 4.39 Å². The van der Waals surface area contributed by atoms with Gasteiger partial charge in [-0.05, 0) is 38.1 Å². The van der Waals surface area contributed by atoms with Crippen molar-refractivity contribution in [2.45, 2.75) is 19.4 Å². The molecule has 5 heteroatoms. The van der Waals surface area contributed by atoms with Crippen molar-refractivity contribution in [3.8, 4) is 0 Å². The lowest BCUT2D eigenvalue weighted by Crippen LogP contribution is -2.45. The predicted molar refractivity (Wildman–Crippen MR) is 73.5 cm³/mol. The average molecular weight is 263 g/mol. The maximum Gasteiger partial charge on any atom is 0.267 e. The number of amides is 1. The zero-order chi connectivity index (χ0) is 14.2. The number of rotatable bonds is 3. The molecule has 0 saturated carbocycles. The minimum atomic E-state index is -0.466. The molecule has 2 rings (SSSR count). The number of aromatic nitrogens is 1. The maximum absolute atomic E-state index is 13.2. The van der Waals surface area contributed by atoms with Crippen molar-refractivity contribution in [1.29, 1.82) is 0 Å². The Bertz CT molecular complexity index is 625. The molecule has 102 valence electrons. The lowest BCUT2D eigenvalue weighted by molar-refractivity contribution is 0.0938. The second kappa shape index (κ2) is 4.66. The van der Waals surface area contributed by atoms with Gasteiger partial charge in [0, 0.05) is 24.5 Å². The van der Waals surface area contributed by atoms with Gasteiger partial charge < -0.3 is 15.6 Å². The van der Waals surface area contributed by atoms with Gasteiger partial charge in [0.15, 0.2) is 0 Å². The highest BCUT2D eigenvalue weighted by Crippen LogP contribution is 2.19. The lowest BCUT2D eigenvalue weighted by Gasteiger charge is -2.18. The fraction of sp³-hybridized carbons (Fsp3) is 0.357. The van der Waals surface area contributed by atoms with Gasteiger partial charge in [-0.3, -0.25) is 4.79 Å². The molecule has 1 aromatic carbocycles. The van der Waals surface area contributed by atoms with Crippen LogP contribution in [-0.4, -0.2) is 22.6 Å². The van der Waals surface area contributed by atoms with E-state index in [1.165, 1.54) is 12.1 Å². The van der Waals surface area contributed by atoms with Crippen molar-refractivity contribution in [3.63, 3.8) is 0 Å². The van der Waals surface area contributed by atoms with Gasteiger partial charge in [-0.15, -0.1) is 0 Å². The minimum absolute atomic E-state index is 0.211. The summed E-state index contributed by atoms with van der Waals surface area (Å²) < 4.78 is 14.9. The molecule has 0 aliphatic heterocycles. The van der Waals surface area contributed by atoms with E-state index < -0.39 is 5.54 Å². The first kappa shape index (κ1) is 13.5. The smallest absolute Gasteiger partial charge is 0.267 e. The highest BCUT2D eigenvalue weighted by Gasteiger charge is 2.17. The molecule has 0 spiro atoms. The molecule has 0 bridgehead atoms. The van der Waals surface area contributed by atoms with Crippen LogP contribution in [0.1, 0.15) is 24.3 Å². The molecule has 0 aliphatic carbocycles. The highest BCUT2D eigenvalue weighted by atomic mass is 19.1. The van der Waals surface area contributed by atoms with E-state index in [0.717, 1.165) is 5.39 Å². The second-order valence-corrected chi connectivity index (χ2v) is 5.46. The number of aryl methyl sites for hydroxylation is 1. The quantitative estimate of drug-likeness (QED) is 0.887. The molecule has 4 nitrogen and oxygen atoms in total. The Kier molecular flexibility index (Phi) is 3.32. The van der Waals surface area contributed by atoms with E-state index in [-0.39, 0.29) is 11.7 Å². The van der Waals surface area contributed by atoms with Crippen LogP contribution in [-0.2, 0) is 7.05 Å². The van der Waals surface area contributed by atoms with Crippen LogP contribution >= 0.6 is 0 Å². The summed E-state index contributed by atoms with van der Waals surface area (Å²) in [7, 11) is 1.74. The number of fused-ring (bicyclic) bond motifs is 1. The summed E-state index contributed by atoms with van der Waals surface area (Å²) in [5.41, 5.74) is 6.54. The molecule has 0 fully saturated rings. The molecular formula is C14H18FN3O. The van der Waals surface area contributed by atoms with Crippen molar-refractivity contribution in [2.24, 2.45) is 12.8 Å². The van der Waals surface area contributed by atoms with Gasteiger partial charge >= 0.3 is 0 Å². The van der Waals surface area contributed by atoms with Crippen molar-refractivity contribution >= 4 is 16.8 Å². The molecule has 1 heterocycles.